The van der Waals surface area contributed by atoms with Crippen LogP contribution < -0.4 is 16.0 Å². The van der Waals surface area contributed by atoms with Crippen LogP contribution in [0.25, 0.3) is 5.69 Å². The molecule has 140 valence electrons. The maximum Gasteiger partial charge on any atom is 0.315 e. The summed E-state index contributed by atoms with van der Waals surface area (Å²) in [5, 5.41) is 12.0. The van der Waals surface area contributed by atoms with E-state index in [1.807, 2.05) is 31.2 Å². The first-order valence-electron chi connectivity index (χ1n) is 8.40. The largest absolute Gasteiger partial charge is 0.467 e. The van der Waals surface area contributed by atoms with Crippen LogP contribution in [-0.2, 0) is 11.3 Å². The minimum atomic E-state index is -0.420. The highest BCUT2D eigenvalue weighted by atomic mass is 16.3. The van der Waals surface area contributed by atoms with Crippen molar-refractivity contribution in [2.75, 3.05) is 6.54 Å². The Morgan fingerprint density at radius 2 is 2.00 bits per heavy atom. The number of aromatic nitrogens is 3. The minimum Gasteiger partial charge on any atom is -0.467 e. The van der Waals surface area contributed by atoms with Crippen LogP contribution in [-0.4, -0.2) is 33.2 Å². The maximum absolute atomic E-state index is 12.0. The van der Waals surface area contributed by atoms with E-state index >= 15 is 0 Å². The fourth-order valence-corrected chi connectivity index (χ4v) is 2.41. The van der Waals surface area contributed by atoms with Gasteiger partial charge in [0.05, 0.1) is 31.1 Å². The van der Waals surface area contributed by atoms with Crippen LogP contribution >= 0.6 is 0 Å². The van der Waals surface area contributed by atoms with Crippen molar-refractivity contribution < 1.29 is 14.0 Å². The number of carbonyl (C=O) groups excluding carboxylic acids is 2. The molecule has 0 saturated heterocycles. The summed E-state index contributed by atoms with van der Waals surface area (Å²) in [7, 11) is 0. The van der Waals surface area contributed by atoms with Gasteiger partial charge in [0.1, 0.15) is 18.4 Å². The molecule has 0 aliphatic carbocycles. The van der Waals surface area contributed by atoms with E-state index < -0.39 is 6.03 Å². The number of furan rings is 1. The van der Waals surface area contributed by atoms with Gasteiger partial charge in [0.2, 0.25) is 5.91 Å². The van der Waals surface area contributed by atoms with Crippen molar-refractivity contribution in [1.82, 2.24) is 30.7 Å². The lowest BCUT2D eigenvalue weighted by molar-refractivity contribution is -0.120. The van der Waals surface area contributed by atoms with Crippen LogP contribution in [0.1, 0.15) is 24.3 Å². The molecule has 0 radical (unpaired) electrons. The highest BCUT2D eigenvalue weighted by molar-refractivity contribution is 5.83. The van der Waals surface area contributed by atoms with E-state index in [0.717, 1.165) is 11.3 Å². The van der Waals surface area contributed by atoms with Crippen molar-refractivity contribution in [3.05, 3.63) is 66.6 Å². The number of hydrogen-bond acceptors (Lipinski definition) is 5. The monoisotopic (exact) mass is 368 g/mol. The average Bonchev–Trinajstić information content (AvgIpc) is 3.38. The Kier molecular flexibility index (Phi) is 5.83. The predicted octanol–water partition coefficient (Wildman–Crippen LogP) is 1.54. The molecule has 1 aromatic carbocycles. The van der Waals surface area contributed by atoms with E-state index in [-0.39, 0.29) is 25.0 Å². The van der Waals surface area contributed by atoms with Gasteiger partial charge in [-0.3, -0.25) is 4.79 Å². The maximum atomic E-state index is 12.0. The fraction of sp³-hybridized carbons (Fsp3) is 0.222. The molecule has 27 heavy (non-hydrogen) atoms. The Balaban J connectivity index is 1.42. The quantitative estimate of drug-likeness (QED) is 0.585. The lowest BCUT2D eigenvalue weighted by Crippen LogP contribution is -2.42. The van der Waals surface area contributed by atoms with Gasteiger partial charge in [-0.05, 0) is 36.8 Å². The molecule has 0 aliphatic heterocycles. The molecule has 3 rings (SSSR count). The Hall–Kier alpha value is -3.62. The third kappa shape index (κ3) is 5.18. The number of nitrogens with one attached hydrogen (secondary N) is 3. The van der Waals surface area contributed by atoms with E-state index in [4.69, 9.17) is 4.42 Å². The van der Waals surface area contributed by atoms with Crippen molar-refractivity contribution in [3.8, 4) is 5.69 Å². The number of nitrogens with zero attached hydrogens (tertiary/aromatic N) is 3. The van der Waals surface area contributed by atoms with Crippen LogP contribution in [0.2, 0.25) is 0 Å². The van der Waals surface area contributed by atoms with Gasteiger partial charge in [0.25, 0.3) is 0 Å². The molecule has 0 aliphatic rings. The molecular weight excluding hydrogens is 348 g/mol. The smallest absolute Gasteiger partial charge is 0.315 e. The fourth-order valence-electron chi connectivity index (χ4n) is 2.41. The topological polar surface area (TPSA) is 114 Å². The van der Waals surface area contributed by atoms with Crippen LogP contribution in [0.15, 0.2) is 59.7 Å². The summed E-state index contributed by atoms with van der Waals surface area (Å²) in [4.78, 5) is 27.6. The number of hydrogen-bond donors (Lipinski definition) is 3. The van der Waals surface area contributed by atoms with E-state index in [1.54, 1.807) is 23.1 Å². The van der Waals surface area contributed by atoms with Crippen LogP contribution in [0.5, 0.6) is 0 Å². The normalized spacial score (nSPS) is 11.6. The number of carbonyl (C=O) groups is 2. The lowest BCUT2D eigenvalue weighted by Gasteiger charge is -2.15. The van der Waals surface area contributed by atoms with Crippen LogP contribution in [0.4, 0.5) is 4.79 Å². The Labute approximate surface area is 155 Å². The SMILES string of the molecule is CC(NC(=O)NCC(=O)NCc1ccco1)c1ccc(-n2cncn2)cc1. The molecular formula is C18H20N6O3. The Bertz CT molecular complexity index is 859. The summed E-state index contributed by atoms with van der Waals surface area (Å²) in [5.74, 6) is 0.349. The van der Waals surface area contributed by atoms with Gasteiger partial charge in [-0.25, -0.2) is 14.5 Å². The molecule has 2 aromatic heterocycles. The summed E-state index contributed by atoms with van der Waals surface area (Å²) in [5.41, 5.74) is 1.80. The van der Waals surface area contributed by atoms with Crippen molar-refractivity contribution in [3.63, 3.8) is 0 Å². The van der Waals surface area contributed by atoms with E-state index in [1.165, 1.54) is 12.6 Å². The molecule has 0 spiro atoms. The molecule has 0 saturated carbocycles. The zero-order chi connectivity index (χ0) is 19.1. The summed E-state index contributed by atoms with van der Waals surface area (Å²) >= 11 is 0. The van der Waals surface area contributed by atoms with E-state index in [0.29, 0.717) is 5.76 Å². The molecule has 0 fully saturated rings. The Morgan fingerprint density at radius 3 is 2.67 bits per heavy atom. The zero-order valence-corrected chi connectivity index (χ0v) is 14.8. The second-order valence-corrected chi connectivity index (χ2v) is 5.84. The van der Waals surface area contributed by atoms with Crippen LogP contribution in [0.3, 0.4) is 0 Å². The van der Waals surface area contributed by atoms with Gasteiger partial charge in [-0.1, -0.05) is 12.1 Å². The molecule has 3 N–H and O–H groups in total. The molecule has 1 unspecified atom stereocenters. The van der Waals surface area contributed by atoms with Crippen molar-refractivity contribution in [2.45, 2.75) is 19.5 Å². The summed E-state index contributed by atoms with van der Waals surface area (Å²) in [6, 6.07) is 10.4. The summed E-state index contributed by atoms with van der Waals surface area (Å²) in [6.45, 7) is 2.02. The predicted molar refractivity (Wildman–Crippen MR) is 96.9 cm³/mol. The second kappa shape index (κ2) is 8.65. The lowest BCUT2D eigenvalue weighted by atomic mass is 10.1. The molecule has 3 amide bonds. The Morgan fingerprint density at radius 1 is 1.19 bits per heavy atom. The van der Waals surface area contributed by atoms with Crippen LogP contribution in [0, 0.1) is 0 Å². The third-order valence-electron chi connectivity index (χ3n) is 3.87. The van der Waals surface area contributed by atoms with Gasteiger partial charge < -0.3 is 20.4 Å². The molecule has 2 heterocycles. The molecule has 9 heteroatoms. The summed E-state index contributed by atoms with van der Waals surface area (Å²) in [6.07, 6.45) is 4.61. The third-order valence-corrected chi connectivity index (χ3v) is 3.87. The van der Waals surface area contributed by atoms with E-state index in [9.17, 15) is 9.59 Å². The first-order chi connectivity index (χ1) is 13.1. The molecule has 9 nitrogen and oxygen atoms in total. The van der Waals surface area contributed by atoms with Gasteiger partial charge in [0.15, 0.2) is 0 Å². The molecule has 0 bridgehead atoms. The number of amides is 3. The van der Waals surface area contributed by atoms with Gasteiger partial charge in [0, 0.05) is 0 Å². The number of urea groups is 1. The van der Waals surface area contributed by atoms with Crippen molar-refractivity contribution >= 4 is 11.9 Å². The van der Waals surface area contributed by atoms with Gasteiger partial charge >= 0.3 is 6.03 Å². The average molecular weight is 368 g/mol. The minimum absolute atomic E-state index is 0.121. The van der Waals surface area contributed by atoms with E-state index in [2.05, 4.69) is 26.0 Å². The highest BCUT2D eigenvalue weighted by Crippen LogP contribution is 2.14. The first-order valence-corrected chi connectivity index (χ1v) is 8.40. The highest BCUT2D eigenvalue weighted by Gasteiger charge is 2.11. The molecule has 3 aromatic rings. The van der Waals surface area contributed by atoms with Crippen molar-refractivity contribution in [1.29, 1.82) is 0 Å². The van der Waals surface area contributed by atoms with Crippen molar-refractivity contribution in [2.24, 2.45) is 0 Å². The number of rotatable bonds is 7. The first kappa shape index (κ1) is 18.2. The number of benzene rings is 1. The molecule has 1 atom stereocenters. The zero-order valence-electron chi connectivity index (χ0n) is 14.8. The summed E-state index contributed by atoms with van der Waals surface area (Å²) < 4.78 is 6.77. The van der Waals surface area contributed by atoms with Gasteiger partial charge in [-0.2, -0.15) is 5.10 Å². The van der Waals surface area contributed by atoms with Gasteiger partial charge in [-0.15, -0.1) is 0 Å². The second-order valence-electron chi connectivity index (χ2n) is 5.84. The standard InChI is InChI=1S/C18H20N6O3/c1-13(14-4-6-15(7-5-14)24-12-19-11-22-24)23-18(26)21-10-17(25)20-9-16-3-2-8-27-16/h2-8,11-13H,9-10H2,1H3,(H,20,25)(H2,21,23,26).